The number of piperidine rings is 1. The minimum atomic E-state index is -0.465. The lowest BCUT2D eigenvalue weighted by molar-refractivity contribution is 0.0458. The fourth-order valence-electron chi connectivity index (χ4n) is 3.01. The van der Waals surface area contributed by atoms with Crippen molar-refractivity contribution >= 4 is 5.91 Å². The normalized spacial score (nSPS) is 17.0. The van der Waals surface area contributed by atoms with Crippen molar-refractivity contribution in [2.75, 3.05) is 13.1 Å². The highest BCUT2D eigenvalue weighted by atomic mass is 16.3. The molecule has 5 nitrogen and oxygen atoms in total. The number of aliphatic hydroxyl groups excluding tert-OH is 1. The van der Waals surface area contributed by atoms with E-state index in [0.29, 0.717) is 18.8 Å². The molecule has 2 aromatic rings. The topological polar surface area (TPSA) is 66.3 Å². The van der Waals surface area contributed by atoms with E-state index in [9.17, 15) is 9.90 Å². The fraction of sp³-hybridized carbons (Fsp3) is 0.389. The standard InChI is InChI=1S/C18H21N3O2/c1-13-11-20-16(12-19-13)18(23)21-9-7-15(8-10-21)17(22)14-5-3-2-4-6-14/h2-6,11-12,15,17,22H,7-10H2,1H3/t17-/m1/s1. The van der Waals surface area contributed by atoms with Gasteiger partial charge in [0.2, 0.25) is 0 Å². The van der Waals surface area contributed by atoms with Gasteiger partial charge in [-0.1, -0.05) is 30.3 Å². The average Bonchev–Trinajstić information content (AvgIpc) is 2.62. The van der Waals surface area contributed by atoms with Gasteiger partial charge in [0.05, 0.1) is 18.0 Å². The van der Waals surface area contributed by atoms with Gasteiger partial charge in [-0.05, 0) is 31.2 Å². The summed E-state index contributed by atoms with van der Waals surface area (Å²) in [5, 5.41) is 10.5. The molecular weight excluding hydrogens is 290 g/mol. The maximum atomic E-state index is 12.4. The van der Waals surface area contributed by atoms with Crippen molar-refractivity contribution in [2.24, 2.45) is 5.92 Å². The summed E-state index contributed by atoms with van der Waals surface area (Å²) >= 11 is 0. The number of carbonyl (C=O) groups excluding carboxylic acids is 1. The highest BCUT2D eigenvalue weighted by Gasteiger charge is 2.29. The molecule has 5 heteroatoms. The summed E-state index contributed by atoms with van der Waals surface area (Å²) in [7, 11) is 0. The average molecular weight is 311 g/mol. The number of rotatable bonds is 3. The van der Waals surface area contributed by atoms with E-state index in [-0.39, 0.29) is 11.8 Å². The smallest absolute Gasteiger partial charge is 0.274 e. The number of hydrogen-bond acceptors (Lipinski definition) is 4. The predicted molar refractivity (Wildman–Crippen MR) is 86.8 cm³/mol. The van der Waals surface area contributed by atoms with Crippen molar-refractivity contribution in [1.82, 2.24) is 14.9 Å². The van der Waals surface area contributed by atoms with Crippen LogP contribution in [0.2, 0.25) is 0 Å². The largest absolute Gasteiger partial charge is 0.388 e. The van der Waals surface area contributed by atoms with Crippen LogP contribution in [0.5, 0.6) is 0 Å². The van der Waals surface area contributed by atoms with Gasteiger partial charge in [0.25, 0.3) is 5.91 Å². The van der Waals surface area contributed by atoms with Crippen molar-refractivity contribution in [2.45, 2.75) is 25.9 Å². The van der Waals surface area contributed by atoms with Crippen LogP contribution in [0.4, 0.5) is 0 Å². The predicted octanol–water partition coefficient (Wildman–Crippen LogP) is 2.37. The minimum Gasteiger partial charge on any atom is -0.388 e. The number of aromatic nitrogens is 2. The number of nitrogens with zero attached hydrogens (tertiary/aromatic N) is 3. The fourth-order valence-corrected chi connectivity index (χ4v) is 3.01. The molecule has 1 aromatic carbocycles. The molecule has 0 aliphatic carbocycles. The summed E-state index contributed by atoms with van der Waals surface area (Å²) in [6.07, 6.45) is 4.26. The van der Waals surface area contributed by atoms with E-state index in [1.807, 2.05) is 37.3 Å². The van der Waals surface area contributed by atoms with Crippen molar-refractivity contribution < 1.29 is 9.90 Å². The van der Waals surface area contributed by atoms with Crippen LogP contribution in [0.25, 0.3) is 0 Å². The van der Waals surface area contributed by atoms with Gasteiger partial charge in [-0.15, -0.1) is 0 Å². The van der Waals surface area contributed by atoms with Gasteiger partial charge in [0.15, 0.2) is 0 Å². The third kappa shape index (κ3) is 3.56. The molecule has 1 atom stereocenters. The number of aryl methyl sites for hydroxylation is 1. The van der Waals surface area contributed by atoms with E-state index in [1.165, 1.54) is 6.20 Å². The van der Waals surface area contributed by atoms with E-state index in [1.54, 1.807) is 11.1 Å². The van der Waals surface area contributed by atoms with Gasteiger partial charge < -0.3 is 10.0 Å². The first kappa shape index (κ1) is 15.6. The summed E-state index contributed by atoms with van der Waals surface area (Å²) in [6.45, 7) is 3.13. The lowest BCUT2D eigenvalue weighted by Gasteiger charge is -2.34. The molecule has 1 N–H and O–H groups in total. The molecule has 1 aromatic heterocycles. The summed E-state index contributed by atoms with van der Waals surface area (Å²) < 4.78 is 0. The van der Waals surface area contributed by atoms with Crippen LogP contribution in [0, 0.1) is 12.8 Å². The molecule has 23 heavy (non-hydrogen) atoms. The highest BCUT2D eigenvalue weighted by Crippen LogP contribution is 2.30. The van der Waals surface area contributed by atoms with E-state index in [0.717, 1.165) is 24.1 Å². The molecule has 0 bridgehead atoms. The van der Waals surface area contributed by atoms with Gasteiger partial charge in [0, 0.05) is 19.3 Å². The third-order valence-corrected chi connectivity index (χ3v) is 4.41. The van der Waals surface area contributed by atoms with Crippen LogP contribution in [0.3, 0.4) is 0 Å². The second kappa shape index (κ2) is 6.87. The van der Waals surface area contributed by atoms with Gasteiger partial charge in [0.1, 0.15) is 5.69 Å². The van der Waals surface area contributed by atoms with E-state index in [4.69, 9.17) is 0 Å². The highest BCUT2D eigenvalue weighted by molar-refractivity contribution is 5.92. The second-order valence-electron chi connectivity index (χ2n) is 6.03. The molecule has 1 aliphatic rings. The van der Waals surface area contributed by atoms with E-state index >= 15 is 0 Å². The molecule has 120 valence electrons. The summed E-state index contributed by atoms with van der Waals surface area (Å²) in [4.78, 5) is 22.5. The Balaban J connectivity index is 1.60. The number of amides is 1. The molecule has 2 heterocycles. The molecular formula is C18H21N3O2. The first-order chi connectivity index (χ1) is 11.1. The number of likely N-dealkylation sites (tertiary alicyclic amines) is 1. The monoisotopic (exact) mass is 311 g/mol. The lowest BCUT2D eigenvalue weighted by Crippen LogP contribution is -2.40. The van der Waals surface area contributed by atoms with Crippen molar-refractivity contribution in [3.8, 4) is 0 Å². The number of carbonyl (C=O) groups is 1. The summed E-state index contributed by atoms with van der Waals surface area (Å²) in [5.41, 5.74) is 2.13. The minimum absolute atomic E-state index is 0.0786. The maximum Gasteiger partial charge on any atom is 0.274 e. The SMILES string of the molecule is Cc1cnc(C(=O)N2CCC([C@H](O)c3ccccc3)CC2)cn1. The van der Waals surface area contributed by atoms with Crippen LogP contribution in [-0.2, 0) is 0 Å². The van der Waals surface area contributed by atoms with Crippen molar-refractivity contribution in [1.29, 1.82) is 0 Å². The number of benzene rings is 1. The third-order valence-electron chi connectivity index (χ3n) is 4.41. The molecule has 1 fully saturated rings. The zero-order valence-corrected chi connectivity index (χ0v) is 13.2. The molecule has 0 radical (unpaired) electrons. The zero-order chi connectivity index (χ0) is 16.2. The zero-order valence-electron chi connectivity index (χ0n) is 13.2. The Bertz CT molecular complexity index is 650. The molecule has 1 aliphatic heterocycles. The number of aliphatic hydroxyl groups is 1. The van der Waals surface area contributed by atoms with Crippen molar-refractivity contribution in [3.63, 3.8) is 0 Å². The van der Waals surface area contributed by atoms with Crippen LogP contribution in [-0.4, -0.2) is 39.0 Å². The molecule has 1 amide bonds. The Labute approximate surface area is 136 Å². The Morgan fingerprint density at radius 2 is 1.87 bits per heavy atom. The first-order valence-electron chi connectivity index (χ1n) is 7.96. The summed E-state index contributed by atoms with van der Waals surface area (Å²) in [5.74, 6) is 0.107. The van der Waals surface area contributed by atoms with Crippen LogP contribution < -0.4 is 0 Å². The lowest BCUT2D eigenvalue weighted by atomic mass is 9.87. The quantitative estimate of drug-likeness (QED) is 0.945. The van der Waals surface area contributed by atoms with Crippen LogP contribution in [0.1, 0.15) is 40.7 Å². The molecule has 3 rings (SSSR count). The Morgan fingerprint density at radius 1 is 1.17 bits per heavy atom. The number of hydrogen-bond donors (Lipinski definition) is 1. The molecule has 1 saturated heterocycles. The maximum absolute atomic E-state index is 12.4. The Hall–Kier alpha value is -2.27. The van der Waals surface area contributed by atoms with Crippen LogP contribution in [0.15, 0.2) is 42.7 Å². The molecule has 0 unspecified atom stereocenters. The van der Waals surface area contributed by atoms with Crippen LogP contribution >= 0.6 is 0 Å². The van der Waals surface area contributed by atoms with E-state index in [2.05, 4.69) is 9.97 Å². The molecule has 0 spiro atoms. The second-order valence-corrected chi connectivity index (χ2v) is 6.03. The van der Waals surface area contributed by atoms with Gasteiger partial charge in [-0.3, -0.25) is 9.78 Å². The van der Waals surface area contributed by atoms with Crippen molar-refractivity contribution in [3.05, 3.63) is 59.7 Å². The van der Waals surface area contributed by atoms with Gasteiger partial charge >= 0.3 is 0 Å². The van der Waals surface area contributed by atoms with E-state index < -0.39 is 6.10 Å². The summed E-state index contributed by atoms with van der Waals surface area (Å²) in [6, 6.07) is 9.72. The first-order valence-corrected chi connectivity index (χ1v) is 7.96. The Morgan fingerprint density at radius 3 is 2.48 bits per heavy atom. The Kier molecular flexibility index (Phi) is 4.67. The molecule has 0 saturated carbocycles. The van der Waals surface area contributed by atoms with Gasteiger partial charge in [-0.25, -0.2) is 4.98 Å². The van der Waals surface area contributed by atoms with Gasteiger partial charge in [-0.2, -0.15) is 0 Å².